The molecule has 0 radical (unpaired) electrons. The minimum atomic E-state index is -3.25. The van der Waals surface area contributed by atoms with Crippen molar-refractivity contribution in [3.05, 3.63) is 0 Å². The molecule has 1 rings (SSSR count). The molecule has 4 nitrogen and oxygen atoms in total. The van der Waals surface area contributed by atoms with Crippen molar-refractivity contribution in [1.29, 1.82) is 0 Å². The van der Waals surface area contributed by atoms with Gasteiger partial charge in [-0.3, -0.25) is 0 Å². The van der Waals surface area contributed by atoms with Crippen LogP contribution in [0, 0.1) is 11.8 Å². The fourth-order valence-corrected chi connectivity index (χ4v) is 3.96. The SMILES string of the molecule is CCCCCNS(=O)(=O)N1CC(C)CC(C)C1. The summed E-state index contributed by atoms with van der Waals surface area (Å²) in [7, 11) is -3.25. The van der Waals surface area contributed by atoms with Gasteiger partial charge >= 0.3 is 0 Å². The highest BCUT2D eigenvalue weighted by molar-refractivity contribution is 7.87. The highest BCUT2D eigenvalue weighted by atomic mass is 32.2. The van der Waals surface area contributed by atoms with Crippen molar-refractivity contribution >= 4 is 10.2 Å². The van der Waals surface area contributed by atoms with Crippen LogP contribution in [0.2, 0.25) is 0 Å². The van der Waals surface area contributed by atoms with E-state index in [2.05, 4.69) is 25.5 Å². The molecule has 102 valence electrons. The van der Waals surface area contributed by atoms with Gasteiger partial charge in [0.15, 0.2) is 0 Å². The molecule has 0 saturated carbocycles. The summed E-state index contributed by atoms with van der Waals surface area (Å²) in [5, 5.41) is 0. The standard InChI is InChI=1S/C12H26N2O2S/c1-4-5-6-7-13-17(15,16)14-9-11(2)8-12(3)10-14/h11-13H,4-10H2,1-3H3. The molecule has 2 unspecified atom stereocenters. The number of unbranched alkanes of at least 4 members (excludes halogenated alkanes) is 2. The smallest absolute Gasteiger partial charge is 0.202 e. The summed E-state index contributed by atoms with van der Waals surface area (Å²) in [6.45, 7) is 8.24. The Labute approximate surface area is 106 Å². The Balaban J connectivity index is 2.45. The topological polar surface area (TPSA) is 49.4 Å². The maximum Gasteiger partial charge on any atom is 0.279 e. The third-order valence-electron chi connectivity index (χ3n) is 3.24. The Morgan fingerprint density at radius 2 is 1.76 bits per heavy atom. The molecule has 1 aliphatic rings. The molecule has 1 N–H and O–H groups in total. The fraction of sp³-hybridized carbons (Fsp3) is 1.00. The van der Waals surface area contributed by atoms with Gasteiger partial charge in [0.05, 0.1) is 0 Å². The monoisotopic (exact) mass is 262 g/mol. The molecule has 2 atom stereocenters. The summed E-state index contributed by atoms with van der Waals surface area (Å²) >= 11 is 0. The van der Waals surface area contributed by atoms with E-state index in [1.165, 1.54) is 0 Å². The molecule has 1 fully saturated rings. The lowest BCUT2D eigenvalue weighted by Crippen LogP contribution is -2.48. The molecule has 0 aliphatic carbocycles. The van der Waals surface area contributed by atoms with Crippen LogP contribution in [0.25, 0.3) is 0 Å². The van der Waals surface area contributed by atoms with E-state index in [4.69, 9.17) is 0 Å². The van der Waals surface area contributed by atoms with Crippen molar-refractivity contribution in [1.82, 2.24) is 9.03 Å². The molecule has 0 bridgehead atoms. The number of hydrogen-bond acceptors (Lipinski definition) is 2. The van der Waals surface area contributed by atoms with Gasteiger partial charge in [-0.05, 0) is 24.7 Å². The van der Waals surface area contributed by atoms with E-state index in [1.807, 2.05) is 0 Å². The molecule has 0 amide bonds. The minimum absolute atomic E-state index is 0.464. The summed E-state index contributed by atoms with van der Waals surface area (Å²) in [6.07, 6.45) is 4.24. The van der Waals surface area contributed by atoms with Crippen LogP contribution >= 0.6 is 0 Å². The first-order valence-corrected chi connectivity index (χ1v) is 8.14. The van der Waals surface area contributed by atoms with Gasteiger partial charge in [0.25, 0.3) is 10.2 Å². The Kier molecular flexibility index (Phi) is 5.89. The van der Waals surface area contributed by atoms with Crippen LogP contribution < -0.4 is 4.72 Å². The summed E-state index contributed by atoms with van der Waals surface area (Å²) < 4.78 is 28.4. The average molecular weight is 262 g/mol. The second-order valence-corrected chi connectivity index (χ2v) is 7.12. The highest BCUT2D eigenvalue weighted by Crippen LogP contribution is 2.22. The second kappa shape index (κ2) is 6.71. The third-order valence-corrected chi connectivity index (χ3v) is 4.79. The second-order valence-electron chi connectivity index (χ2n) is 5.37. The zero-order chi connectivity index (χ0) is 12.9. The largest absolute Gasteiger partial charge is 0.279 e. The van der Waals surface area contributed by atoms with Crippen LogP contribution in [-0.2, 0) is 10.2 Å². The van der Waals surface area contributed by atoms with Gasteiger partial charge < -0.3 is 0 Å². The number of piperidine rings is 1. The van der Waals surface area contributed by atoms with E-state index in [0.717, 1.165) is 25.7 Å². The molecule has 1 aliphatic heterocycles. The van der Waals surface area contributed by atoms with E-state index >= 15 is 0 Å². The fourth-order valence-electron chi connectivity index (χ4n) is 2.47. The molecular weight excluding hydrogens is 236 g/mol. The van der Waals surface area contributed by atoms with Crippen LogP contribution in [0.1, 0.15) is 46.5 Å². The van der Waals surface area contributed by atoms with Crippen LogP contribution in [0.3, 0.4) is 0 Å². The van der Waals surface area contributed by atoms with Crippen LogP contribution in [0.5, 0.6) is 0 Å². The van der Waals surface area contributed by atoms with Crippen molar-refractivity contribution in [2.75, 3.05) is 19.6 Å². The van der Waals surface area contributed by atoms with E-state index in [0.29, 0.717) is 31.5 Å². The van der Waals surface area contributed by atoms with Gasteiger partial charge in [0, 0.05) is 19.6 Å². The summed E-state index contributed by atoms with van der Waals surface area (Å²) in [6, 6.07) is 0. The van der Waals surface area contributed by atoms with Gasteiger partial charge in [-0.25, -0.2) is 4.72 Å². The van der Waals surface area contributed by atoms with Gasteiger partial charge in [-0.1, -0.05) is 33.6 Å². The zero-order valence-corrected chi connectivity index (χ0v) is 12.1. The van der Waals surface area contributed by atoms with Gasteiger partial charge in [0.2, 0.25) is 0 Å². The van der Waals surface area contributed by atoms with Crippen molar-refractivity contribution in [2.45, 2.75) is 46.5 Å². The first kappa shape index (κ1) is 14.9. The lowest BCUT2D eigenvalue weighted by Gasteiger charge is -2.33. The minimum Gasteiger partial charge on any atom is -0.202 e. The summed E-state index contributed by atoms with van der Waals surface area (Å²) in [4.78, 5) is 0. The molecule has 0 spiro atoms. The van der Waals surface area contributed by atoms with E-state index < -0.39 is 10.2 Å². The van der Waals surface area contributed by atoms with E-state index in [-0.39, 0.29) is 0 Å². The number of nitrogens with zero attached hydrogens (tertiary/aromatic N) is 1. The van der Waals surface area contributed by atoms with E-state index in [9.17, 15) is 8.42 Å². The molecule has 5 heteroatoms. The van der Waals surface area contributed by atoms with Crippen LogP contribution in [0.4, 0.5) is 0 Å². The lowest BCUT2D eigenvalue weighted by molar-refractivity contribution is 0.220. The van der Waals surface area contributed by atoms with Gasteiger partial charge in [-0.15, -0.1) is 0 Å². The molecule has 0 aromatic heterocycles. The molecular formula is C12H26N2O2S. The quantitative estimate of drug-likeness (QED) is 0.744. The maximum atomic E-state index is 12.1. The van der Waals surface area contributed by atoms with Gasteiger partial charge in [0.1, 0.15) is 0 Å². The normalized spacial score (nSPS) is 27.2. The molecule has 17 heavy (non-hydrogen) atoms. The number of nitrogens with one attached hydrogen (secondary N) is 1. The Hall–Kier alpha value is -0.130. The van der Waals surface area contributed by atoms with Crippen LogP contribution in [-0.4, -0.2) is 32.4 Å². The molecule has 0 aromatic carbocycles. The average Bonchev–Trinajstić information content (AvgIpc) is 2.23. The Morgan fingerprint density at radius 3 is 2.29 bits per heavy atom. The van der Waals surface area contributed by atoms with Crippen molar-refractivity contribution < 1.29 is 8.42 Å². The van der Waals surface area contributed by atoms with E-state index in [1.54, 1.807) is 4.31 Å². The Morgan fingerprint density at radius 1 is 1.18 bits per heavy atom. The molecule has 0 aromatic rings. The first-order valence-electron chi connectivity index (χ1n) is 6.70. The zero-order valence-electron chi connectivity index (χ0n) is 11.3. The number of rotatable bonds is 6. The summed E-state index contributed by atoms with van der Waals surface area (Å²) in [5.41, 5.74) is 0. The predicted molar refractivity (Wildman–Crippen MR) is 71.0 cm³/mol. The molecule has 1 heterocycles. The van der Waals surface area contributed by atoms with Crippen molar-refractivity contribution in [3.8, 4) is 0 Å². The Bertz CT molecular complexity index is 306. The van der Waals surface area contributed by atoms with Crippen molar-refractivity contribution in [2.24, 2.45) is 11.8 Å². The highest BCUT2D eigenvalue weighted by Gasteiger charge is 2.29. The third kappa shape index (κ3) is 4.94. The van der Waals surface area contributed by atoms with Crippen molar-refractivity contribution in [3.63, 3.8) is 0 Å². The number of hydrogen-bond donors (Lipinski definition) is 1. The van der Waals surface area contributed by atoms with Crippen LogP contribution in [0.15, 0.2) is 0 Å². The summed E-state index contributed by atoms with van der Waals surface area (Å²) in [5.74, 6) is 0.928. The predicted octanol–water partition coefficient (Wildman–Crippen LogP) is 1.99. The lowest BCUT2D eigenvalue weighted by atomic mass is 9.94. The maximum absolute atomic E-state index is 12.1. The molecule has 1 saturated heterocycles. The van der Waals surface area contributed by atoms with Gasteiger partial charge in [-0.2, -0.15) is 12.7 Å². The first-order chi connectivity index (χ1) is 7.95.